The van der Waals surface area contributed by atoms with Gasteiger partial charge in [-0.2, -0.15) is 0 Å². The standard InChI is InChI=1S/C19H21N3O3/c23-19(15-25-20-14-16-4-2-1-3-5-16)21-17-6-8-18(9-7-17)22-10-12-24-13-11-22/h1-9,14H,10-13,15H2,(H,21,23)/b20-14+. The van der Waals surface area contributed by atoms with Gasteiger partial charge < -0.3 is 19.8 Å². The van der Waals surface area contributed by atoms with Gasteiger partial charge in [-0.25, -0.2) is 0 Å². The Morgan fingerprint density at radius 2 is 1.84 bits per heavy atom. The Kier molecular flexibility index (Phi) is 6.01. The molecule has 0 bridgehead atoms. The van der Waals surface area contributed by atoms with Crippen LogP contribution in [0.3, 0.4) is 0 Å². The zero-order valence-corrected chi connectivity index (χ0v) is 13.9. The predicted octanol–water partition coefficient (Wildman–Crippen LogP) is 2.51. The highest BCUT2D eigenvalue weighted by atomic mass is 16.6. The van der Waals surface area contributed by atoms with Gasteiger partial charge in [-0.15, -0.1) is 0 Å². The number of anilines is 2. The van der Waals surface area contributed by atoms with Gasteiger partial charge in [-0.3, -0.25) is 4.79 Å². The lowest BCUT2D eigenvalue weighted by Crippen LogP contribution is -2.36. The number of nitrogens with one attached hydrogen (secondary N) is 1. The summed E-state index contributed by atoms with van der Waals surface area (Å²) in [4.78, 5) is 19.2. The summed E-state index contributed by atoms with van der Waals surface area (Å²) in [5, 5.41) is 6.58. The van der Waals surface area contributed by atoms with Crippen molar-refractivity contribution in [3.8, 4) is 0 Å². The largest absolute Gasteiger partial charge is 0.386 e. The Bertz CT molecular complexity index is 696. The number of morpholine rings is 1. The van der Waals surface area contributed by atoms with Crippen LogP contribution in [0.2, 0.25) is 0 Å². The molecule has 0 radical (unpaired) electrons. The van der Waals surface area contributed by atoms with Crippen LogP contribution in [0.15, 0.2) is 59.8 Å². The molecule has 1 saturated heterocycles. The van der Waals surface area contributed by atoms with E-state index in [-0.39, 0.29) is 12.5 Å². The Balaban J connectivity index is 1.43. The molecule has 0 saturated carbocycles. The molecule has 1 aliphatic heterocycles. The lowest BCUT2D eigenvalue weighted by atomic mass is 10.2. The molecule has 0 spiro atoms. The second kappa shape index (κ2) is 8.84. The van der Waals surface area contributed by atoms with Crippen LogP contribution in [-0.2, 0) is 14.4 Å². The fourth-order valence-electron chi connectivity index (χ4n) is 2.51. The molecule has 1 amide bonds. The highest BCUT2D eigenvalue weighted by molar-refractivity contribution is 5.91. The van der Waals surface area contributed by atoms with Gasteiger partial charge in [0.15, 0.2) is 6.61 Å². The van der Waals surface area contributed by atoms with E-state index in [9.17, 15) is 4.79 Å². The van der Waals surface area contributed by atoms with Gasteiger partial charge >= 0.3 is 0 Å². The molecular weight excluding hydrogens is 318 g/mol. The molecule has 1 aliphatic rings. The number of carbonyl (C=O) groups excluding carboxylic acids is 1. The molecule has 0 atom stereocenters. The predicted molar refractivity (Wildman–Crippen MR) is 98.1 cm³/mol. The number of nitrogens with zero attached hydrogens (tertiary/aromatic N) is 2. The van der Waals surface area contributed by atoms with Crippen molar-refractivity contribution in [2.45, 2.75) is 0 Å². The summed E-state index contributed by atoms with van der Waals surface area (Å²) < 4.78 is 5.35. The van der Waals surface area contributed by atoms with Crippen molar-refractivity contribution in [2.75, 3.05) is 43.1 Å². The van der Waals surface area contributed by atoms with Crippen molar-refractivity contribution >= 4 is 23.5 Å². The molecular formula is C19H21N3O3. The van der Waals surface area contributed by atoms with E-state index < -0.39 is 0 Å². The summed E-state index contributed by atoms with van der Waals surface area (Å²) in [5.41, 5.74) is 2.78. The van der Waals surface area contributed by atoms with E-state index in [1.54, 1.807) is 6.21 Å². The van der Waals surface area contributed by atoms with Crippen LogP contribution in [0.25, 0.3) is 0 Å². The quantitative estimate of drug-likeness (QED) is 0.649. The van der Waals surface area contributed by atoms with E-state index in [0.29, 0.717) is 0 Å². The minimum Gasteiger partial charge on any atom is -0.386 e. The van der Waals surface area contributed by atoms with Gasteiger partial charge in [-0.1, -0.05) is 35.5 Å². The van der Waals surface area contributed by atoms with Crippen molar-refractivity contribution < 1.29 is 14.4 Å². The van der Waals surface area contributed by atoms with Gasteiger partial charge in [0.05, 0.1) is 19.4 Å². The van der Waals surface area contributed by atoms with Crippen LogP contribution < -0.4 is 10.2 Å². The fourth-order valence-corrected chi connectivity index (χ4v) is 2.51. The molecule has 2 aromatic rings. The van der Waals surface area contributed by atoms with E-state index in [4.69, 9.17) is 9.57 Å². The van der Waals surface area contributed by atoms with Crippen molar-refractivity contribution in [3.63, 3.8) is 0 Å². The molecule has 25 heavy (non-hydrogen) atoms. The Hall–Kier alpha value is -2.86. The first-order valence-corrected chi connectivity index (χ1v) is 8.24. The summed E-state index contributed by atoms with van der Waals surface area (Å²) in [6, 6.07) is 17.3. The maximum absolute atomic E-state index is 11.9. The van der Waals surface area contributed by atoms with E-state index >= 15 is 0 Å². The summed E-state index contributed by atoms with van der Waals surface area (Å²) in [7, 11) is 0. The third-order valence-corrected chi connectivity index (χ3v) is 3.80. The summed E-state index contributed by atoms with van der Waals surface area (Å²) >= 11 is 0. The zero-order valence-electron chi connectivity index (χ0n) is 13.9. The average Bonchev–Trinajstić information content (AvgIpc) is 2.67. The lowest BCUT2D eigenvalue weighted by Gasteiger charge is -2.28. The van der Waals surface area contributed by atoms with E-state index in [2.05, 4.69) is 15.4 Å². The SMILES string of the molecule is O=C(CO/N=C/c1ccccc1)Nc1ccc(N2CCOCC2)cc1. The molecule has 1 fully saturated rings. The van der Waals surface area contributed by atoms with Crippen molar-refractivity contribution in [1.82, 2.24) is 0 Å². The molecule has 6 nitrogen and oxygen atoms in total. The number of hydrogen-bond donors (Lipinski definition) is 1. The van der Waals surface area contributed by atoms with E-state index in [0.717, 1.165) is 43.2 Å². The molecule has 0 aliphatic carbocycles. The number of rotatable bonds is 6. The minimum absolute atomic E-state index is 0.130. The first-order chi connectivity index (χ1) is 12.3. The topological polar surface area (TPSA) is 63.2 Å². The normalized spacial score (nSPS) is 14.5. The maximum Gasteiger partial charge on any atom is 0.265 e. The van der Waals surface area contributed by atoms with Crippen LogP contribution in [0.4, 0.5) is 11.4 Å². The Labute approximate surface area is 147 Å². The van der Waals surface area contributed by atoms with E-state index in [1.165, 1.54) is 0 Å². The Morgan fingerprint density at radius 3 is 2.56 bits per heavy atom. The van der Waals surface area contributed by atoms with Crippen LogP contribution >= 0.6 is 0 Å². The molecule has 2 aromatic carbocycles. The van der Waals surface area contributed by atoms with Crippen molar-refractivity contribution in [2.24, 2.45) is 5.16 Å². The number of benzene rings is 2. The maximum atomic E-state index is 11.9. The number of oxime groups is 1. The molecule has 3 rings (SSSR count). The number of amides is 1. The highest BCUT2D eigenvalue weighted by Crippen LogP contribution is 2.18. The van der Waals surface area contributed by atoms with Crippen molar-refractivity contribution in [3.05, 3.63) is 60.2 Å². The summed E-state index contributed by atoms with van der Waals surface area (Å²) in [6.07, 6.45) is 1.57. The molecule has 6 heteroatoms. The average molecular weight is 339 g/mol. The van der Waals surface area contributed by atoms with Crippen LogP contribution in [0.1, 0.15) is 5.56 Å². The minimum atomic E-state index is -0.246. The van der Waals surface area contributed by atoms with Gasteiger partial charge in [-0.05, 0) is 29.8 Å². The van der Waals surface area contributed by atoms with Gasteiger partial charge in [0.1, 0.15) is 0 Å². The summed E-state index contributed by atoms with van der Waals surface area (Å²) in [6.45, 7) is 3.14. The number of carbonyl (C=O) groups is 1. The molecule has 1 N–H and O–H groups in total. The fraction of sp³-hybridized carbons (Fsp3) is 0.263. The van der Waals surface area contributed by atoms with Crippen LogP contribution in [0.5, 0.6) is 0 Å². The Morgan fingerprint density at radius 1 is 1.12 bits per heavy atom. The van der Waals surface area contributed by atoms with Gasteiger partial charge in [0.2, 0.25) is 0 Å². The first kappa shape index (κ1) is 17.0. The van der Waals surface area contributed by atoms with Crippen LogP contribution in [-0.4, -0.2) is 45.0 Å². The highest BCUT2D eigenvalue weighted by Gasteiger charge is 2.11. The molecule has 0 unspecified atom stereocenters. The smallest absolute Gasteiger partial charge is 0.265 e. The van der Waals surface area contributed by atoms with Gasteiger partial charge in [0.25, 0.3) is 5.91 Å². The van der Waals surface area contributed by atoms with Gasteiger partial charge in [0, 0.05) is 24.5 Å². The second-order valence-corrected chi connectivity index (χ2v) is 5.61. The van der Waals surface area contributed by atoms with Crippen molar-refractivity contribution in [1.29, 1.82) is 0 Å². The first-order valence-electron chi connectivity index (χ1n) is 8.24. The third-order valence-electron chi connectivity index (χ3n) is 3.80. The summed E-state index contributed by atoms with van der Waals surface area (Å²) in [5.74, 6) is -0.246. The molecule has 130 valence electrons. The second-order valence-electron chi connectivity index (χ2n) is 5.61. The molecule has 0 aromatic heterocycles. The number of hydrogen-bond acceptors (Lipinski definition) is 5. The van der Waals surface area contributed by atoms with Crippen LogP contribution in [0, 0.1) is 0 Å². The number of ether oxygens (including phenoxy) is 1. The lowest BCUT2D eigenvalue weighted by molar-refractivity contribution is -0.120. The third kappa shape index (κ3) is 5.32. The monoisotopic (exact) mass is 339 g/mol. The van der Waals surface area contributed by atoms with E-state index in [1.807, 2.05) is 54.6 Å². The zero-order chi connectivity index (χ0) is 17.3. The molecule has 1 heterocycles.